The molecule has 8 nitrogen and oxygen atoms in total. The Kier molecular flexibility index (Phi) is 6.17. The van der Waals surface area contributed by atoms with Crippen molar-refractivity contribution in [3.63, 3.8) is 0 Å². The molecule has 1 aliphatic rings. The van der Waals surface area contributed by atoms with E-state index in [1.165, 1.54) is 4.31 Å². The number of methoxy groups -OCH3 is 1. The van der Waals surface area contributed by atoms with Gasteiger partial charge in [-0.25, -0.2) is 8.42 Å². The molecule has 0 bridgehead atoms. The van der Waals surface area contributed by atoms with Crippen LogP contribution in [0.1, 0.15) is 33.8 Å². The smallest absolute Gasteiger partial charge is 0.253 e. The van der Waals surface area contributed by atoms with E-state index in [-0.39, 0.29) is 23.1 Å². The van der Waals surface area contributed by atoms with E-state index in [9.17, 15) is 13.2 Å². The normalized spacial score (nSPS) is 16.2. The molecule has 1 aromatic carbocycles. The number of rotatable bonds is 5. The van der Waals surface area contributed by atoms with Crippen LogP contribution < -0.4 is 0 Å². The standard InChI is InChI=1S/C19H25N3O5S/c1-14-18(15(2)27-20-14)28(24,25)22-9-5-8-21(10-11-22)19(23)17-7-4-6-16(12-17)13-26-3/h4,6-7,12H,5,8-11,13H2,1-3H3. The van der Waals surface area contributed by atoms with Crippen molar-refractivity contribution in [2.24, 2.45) is 0 Å². The fourth-order valence-electron chi connectivity index (χ4n) is 3.45. The van der Waals surface area contributed by atoms with Crippen LogP contribution in [0.2, 0.25) is 0 Å². The molecule has 0 unspecified atom stereocenters. The maximum absolute atomic E-state index is 13.0. The first kappa shape index (κ1) is 20.5. The monoisotopic (exact) mass is 407 g/mol. The zero-order valence-electron chi connectivity index (χ0n) is 16.3. The van der Waals surface area contributed by atoms with Gasteiger partial charge in [0.2, 0.25) is 10.0 Å². The predicted molar refractivity (Wildman–Crippen MR) is 102 cm³/mol. The van der Waals surface area contributed by atoms with Gasteiger partial charge in [0, 0.05) is 38.9 Å². The number of sulfonamides is 1. The molecule has 0 atom stereocenters. The van der Waals surface area contributed by atoms with E-state index >= 15 is 0 Å². The quantitative estimate of drug-likeness (QED) is 0.752. The maximum Gasteiger partial charge on any atom is 0.253 e. The van der Waals surface area contributed by atoms with Gasteiger partial charge in [-0.2, -0.15) is 4.31 Å². The molecule has 9 heteroatoms. The first-order valence-corrected chi connectivity index (χ1v) is 10.6. The van der Waals surface area contributed by atoms with Crippen LogP contribution in [0, 0.1) is 13.8 Å². The lowest BCUT2D eigenvalue weighted by atomic mass is 10.1. The zero-order valence-corrected chi connectivity index (χ0v) is 17.2. The first-order valence-electron chi connectivity index (χ1n) is 9.14. The largest absolute Gasteiger partial charge is 0.380 e. The Morgan fingerprint density at radius 1 is 1.21 bits per heavy atom. The Labute approximate surface area is 165 Å². The summed E-state index contributed by atoms with van der Waals surface area (Å²) in [5, 5.41) is 3.75. The number of ether oxygens (including phenoxy) is 1. The predicted octanol–water partition coefficient (Wildman–Crippen LogP) is 1.97. The fourth-order valence-corrected chi connectivity index (χ4v) is 5.21. The Bertz CT molecular complexity index is 935. The SMILES string of the molecule is COCc1cccc(C(=O)N2CCCN(S(=O)(=O)c3c(C)noc3C)CC2)c1. The third-order valence-corrected chi connectivity index (χ3v) is 6.94. The van der Waals surface area contributed by atoms with Crippen molar-refractivity contribution in [3.05, 3.63) is 46.8 Å². The molecule has 0 N–H and O–H groups in total. The maximum atomic E-state index is 13.0. The first-order chi connectivity index (χ1) is 13.3. The molecular formula is C19H25N3O5S. The second-order valence-corrected chi connectivity index (χ2v) is 8.71. The molecule has 1 fully saturated rings. The molecule has 3 rings (SSSR count). The highest BCUT2D eigenvalue weighted by atomic mass is 32.2. The van der Waals surface area contributed by atoms with E-state index in [2.05, 4.69) is 5.16 Å². The summed E-state index contributed by atoms with van der Waals surface area (Å²) in [6.07, 6.45) is 0.562. The summed E-state index contributed by atoms with van der Waals surface area (Å²) in [5.41, 5.74) is 1.85. The molecule has 1 saturated heterocycles. The lowest BCUT2D eigenvalue weighted by Gasteiger charge is -2.22. The van der Waals surface area contributed by atoms with Gasteiger partial charge in [0.25, 0.3) is 5.91 Å². The molecule has 2 heterocycles. The minimum Gasteiger partial charge on any atom is -0.380 e. The highest BCUT2D eigenvalue weighted by Gasteiger charge is 2.33. The summed E-state index contributed by atoms with van der Waals surface area (Å²) >= 11 is 0. The number of nitrogens with zero attached hydrogens (tertiary/aromatic N) is 3. The van der Waals surface area contributed by atoms with Gasteiger partial charge >= 0.3 is 0 Å². The van der Waals surface area contributed by atoms with Crippen molar-refractivity contribution < 1.29 is 22.5 Å². The lowest BCUT2D eigenvalue weighted by Crippen LogP contribution is -2.37. The van der Waals surface area contributed by atoms with Crippen LogP contribution in [0.15, 0.2) is 33.7 Å². The van der Waals surface area contributed by atoms with Crippen molar-refractivity contribution in [2.45, 2.75) is 31.8 Å². The Hall–Kier alpha value is -2.23. The third kappa shape index (κ3) is 4.11. The van der Waals surface area contributed by atoms with Crippen molar-refractivity contribution in [1.82, 2.24) is 14.4 Å². The molecule has 0 aliphatic carbocycles. The van der Waals surface area contributed by atoms with Crippen molar-refractivity contribution >= 4 is 15.9 Å². The molecule has 1 aliphatic heterocycles. The average Bonchev–Trinajstić information content (AvgIpc) is 2.86. The second kappa shape index (κ2) is 8.42. The Balaban J connectivity index is 1.75. The van der Waals surface area contributed by atoms with E-state index in [0.29, 0.717) is 43.9 Å². The Morgan fingerprint density at radius 2 is 2.00 bits per heavy atom. The molecular weight excluding hydrogens is 382 g/mol. The summed E-state index contributed by atoms with van der Waals surface area (Å²) in [5.74, 6) is 0.180. The van der Waals surface area contributed by atoms with Gasteiger partial charge in [-0.1, -0.05) is 17.3 Å². The molecule has 1 amide bonds. The molecule has 2 aromatic rings. The average molecular weight is 407 g/mol. The minimum atomic E-state index is -3.71. The molecule has 0 radical (unpaired) electrons. The van der Waals surface area contributed by atoms with Gasteiger partial charge in [0.05, 0.1) is 6.61 Å². The summed E-state index contributed by atoms with van der Waals surface area (Å²) in [4.78, 5) is 14.7. The van der Waals surface area contributed by atoms with Crippen LogP contribution in [-0.4, -0.2) is 62.0 Å². The highest BCUT2D eigenvalue weighted by Crippen LogP contribution is 2.24. The Morgan fingerprint density at radius 3 is 2.68 bits per heavy atom. The highest BCUT2D eigenvalue weighted by molar-refractivity contribution is 7.89. The molecule has 28 heavy (non-hydrogen) atoms. The molecule has 152 valence electrons. The van der Waals surface area contributed by atoms with Gasteiger partial charge in [-0.05, 0) is 38.0 Å². The van der Waals surface area contributed by atoms with Crippen LogP contribution in [0.4, 0.5) is 0 Å². The summed E-state index contributed by atoms with van der Waals surface area (Å²) in [6, 6.07) is 7.31. The number of amides is 1. The number of carbonyl (C=O) groups excluding carboxylic acids is 1. The van der Waals surface area contributed by atoms with Gasteiger partial charge < -0.3 is 14.2 Å². The number of aryl methyl sites for hydroxylation is 2. The molecule has 0 spiro atoms. The topological polar surface area (TPSA) is 93.0 Å². The summed E-state index contributed by atoms with van der Waals surface area (Å²) < 4.78 is 37.6. The van der Waals surface area contributed by atoms with Crippen LogP contribution in [-0.2, 0) is 21.4 Å². The molecule has 1 aromatic heterocycles. The van der Waals surface area contributed by atoms with E-state index in [1.807, 2.05) is 18.2 Å². The third-order valence-electron chi connectivity index (χ3n) is 4.79. The van der Waals surface area contributed by atoms with Gasteiger partial charge in [0.1, 0.15) is 10.6 Å². The van der Waals surface area contributed by atoms with Gasteiger partial charge in [-0.3, -0.25) is 4.79 Å². The van der Waals surface area contributed by atoms with Gasteiger partial charge in [-0.15, -0.1) is 0 Å². The lowest BCUT2D eigenvalue weighted by molar-refractivity contribution is 0.0764. The number of carbonyl (C=O) groups is 1. The van der Waals surface area contributed by atoms with E-state index in [4.69, 9.17) is 9.26 Å². The molecule has 0 saturated carbocycles. The fraction of sp³-hybridized carbons (Fsp3) is 0.474. The van der Waals surface area contributed by atoms with Crippen LogP contribution in [0.25, 0.3) is 0 Å². The zero-order chi connectivity index (χ0) is 20.3. The van der Waals surface area contributed by atoms with Crippen molar-refractivity contribution in [3.8, 4) is 0 Å². The van der Waals surface area contributed by atoms with Crippen LogP contribution >= 0.6 is 0 Å². The number of aromatic nitrogens is 1. The number of hydrogen-bond donors (Lipinski definition) is 0. The van der Waals surface area contributed by atoms with Gasteiger partial charge in [0.15, 0.2) is 5.76 Å². The van der Waals surface area contributed by atoms with Crippen molar-refractivity contribution in [2.75, 3.05) is 33.3 Å². The summed E-state index contributed by atoms with van der Waals surface area (Å²) in [6.45, 7) is 5.05. The van der Waals surface area contributed by atoms with E-state index in [0.717, 1.165) is 5.56 Å². The van der Waals surface area contributed by atoms with Crippen LogP contribution in [0.3, 0.4) is 0 Å². The minimum absolute atomic E-state index is 0.102. The van der Waals surface area contributed by atoms with E-state index < -0.39 is 10.0 Å². The van der Waals surface area contributed by atoms with Crippen molar-refractivity contribution in [1.29, 1.82) is 0 Å². The number of hydrogen-bond acceptors (Lipinski definition) is 6. The van der Waals surface area contributed by atoms with E-state index in [1.54, 1.807) is 31.9 Å². The summed E-state index contributed by atoms with van der Waals surface area (Å²) in [7, 11) is -2.10. The van der Waals surface area contributed by atoms with Crippen LogP contribution in [0.5, 0.6) is 0 Å². The second-order valence-electron chi connectivity index (χ2n) is 6.84. The number of benzene rings is 1.